The quantitative estimate of drug-likeness (QED) is 0.681. The number of allylic oxidation sites excluding steroid dienone is 1. The van der Waals surface area contributed by atoms with Crippen molar-refractivity contribution in [2.24, 2.45) is 5.41 Å². The van der Waals surface area contributed by atoms with Crippen LogP contribution in [-0.4, -0.2) is 24.6 Å². The van der Waals surface area contributed by atoms with Crippen LogP contribution >= 0.6 is 11.8 Å². The average Bonchev–Trinajstić information content (AvgIpc) is 2.19. The lowest BCUT2D eigenvalue weighted by molar-refractivity contribution is -0.143. The highest BCUT2D eigenvalue weighted by Crippen LogP contribution is 2.44. The van der Waals surface area contributed by atoms with Crippen LogP contribution in [0.15, 0.2) is 12.4 Å². The van der Waals surface area contributed by atoms with Crippen molar-refractivity contribution in [1.29, 1.82) is 0 Å². The Kier molecular flexibility index (Phi) is 3.98. The van der Waals surface area contributed by atoms with Gasteiger partial charge in [0.15, 0.2) is 0 Å². The van der Waals surface area contributed by atoms with Gasteiger partial charge in [-0.3, -0.25) is 4.79 Å². The summed E-state index contributed by atoms with van der Waals surface area (Å²) in [6, 6.07) is 0. The highest BCUT2D eigenvalue weighted by molar-refractivity contribution is 7.99. The second kappa shape index (κ2) is 4.82. The van der Waals surface area contributed by atoms with Crippen LogP contribution in [0, 0.1) is 5.41 Å². The number of hydrogen-bond donors (Lipinski definition) is 0. The molecular weight excluding hydrogens is 203 g/mol. The van der Waals surface area contributed by atoms with Crippen LogP contribution in [0.3, 0.4) is 0 Å². The molecule has 0 unspecified atom stereocenters. The zero-order valence-electron chi connectivity index (χ0n) is 8.35. The zero-order valence-corrected chi connectivity index (χ0v) is 9.16. The number of halogens is 1. The summed E-state index contributed by atoms with van der Waals surface area (Å²) in [6.07, 6.45) is 1.49. The fraction of sp³-hybridized carbons (Fsp3) is 0.700. The van der Waals surface area contributed by atoms with E-state index in [1.54, 1.807) is 11.8 Å². The van der Waals surface area contributed by atoms with Gasteiger partial charge < -0.3 is 4.74 Å². The van der Waals surface area contributed by atoms with E-state index < -0.39 is 5.41 Å². The van der Waals surface area contributed by atoms with E-state index in [1.165, 1.54) is 7.11 Å². The summed E-state index contributed by atoms with van der Waals surface area (Å²) in [7, 11) is 1.33. The molecule has 0 aromatic carbocycles. The molecule has 1 aliphatic heterocycles. The molecule has 1 rings (SSSR count). The molecule has 0 bridgehead atoms. The van der Waals surface area contributed by atoms with Gasteiger partial charge in [-0.15, -0.1) is 0 Å². The van der Waals surface area contributed by atoms with Crippen molar-refractivity contribution in [3.05, 3.63) is 12.4 Å². The van der Waals surface area contributed by atoms with Crippen LogP contribution in [0.5, 0.6) is 0 Å². The fourth-order valence-electron chi connectivity index (χ4n) is 1.65. The normalized spacial score (nSPS) is 20.1. The second-order valence-corrected chi connectivity index (χ2v) is 4.78. The molecule has 1 fully saturated rings. The van der Waals surface area contributed by atoms with Crippen molar-refractivity contribution >= 4 is 17.7 Å². The van der Waals surface area contributed by atoms with E-state index in [2.05, 4.69) is 11.3 Å². The van der Waals surface area contributed by atoms with Gasteiger partial charge in [0.25, 0.3) is 0 Å². The first-order chi connectivity index (χ1) is 6.60. The molecule has 1 aliphatic rings. The first kappa shape index (κ1) is 11.6. The maximum atomic E-state index is 13.3. The number of thioether (sulfide) groups is 1. The minimum Gasteiger partial charge on any atom is -0.469 e. The van der Waals surface area contributed by atoms with Crippen LogP contribution in [0.1, 0.15) is 19.3 Å². The van der Waals surface area contributed by atoms with E-state index >= 15 is 0 Å². The van der Waals surface area contributed by atoms with Crippen molar-refractivity contribution in [1.82, 2.24) is 0 Å². The van der Waals surface area contributed by atoms with Crippen molar-refractivity contribution < 1.29 is 13.9 Å². The first-order valence-corrected chi connectivity index (χ1v) is 5.76. The molecule has 0 radical (unpaired) electrons. The summed E-state index contributed by atoms with van der Waals surface area (Å²) in [6.45, 7) is 3.35. The van der Waals surface area contributed by atoms with E-state index in [1.807, 2.05) is 0 Å². The summed E-state index contributed by atoms with van der Waals surface area (Å²) >= 11 is 1.79. The average molecular weight is 218 g/mol. The third-order valence-electron chi connectivity index (χ3n) is 2.74. The number of carbonyl (C=O) groups is 1. The Morgan fingerprint density at radius 2 is 2.14 bits per heavy atom. The van der Waals surface area contributed by atoms with Crippen LogP contribution in [-0.2, 0) is 9.53 Å². The standard InChI is InChI=1S/C10H15FO2S/c1-8(11)10(7-9(12)13-2)3-5-14-6-4-10/h1,3-7H2,2H3. The van der Waals surface area contributed by atoms with Crippen LogP contribution in [0.4, 0.5) is 4.39 Å². The maximum absolute atomic E-state index is 13.3. The molecular formula is C10H15FO2S. The molecule has 0 N–H and O–H groups in total. The molecule has 0 saturated carbocycles. The molecule has 0 spiro atoms. The van der Waals surface area contributed by atoms with Crippen molar-refractivity contribution in [2.75, 3.05) is 18.6 Å². The summed E-state index contributed by atoms with van der Waals surface area (Å²) in [5, 5.41) is 0. The largest absolute Gasteiger partial charge is 0.469 e. The third-order valence-corrected chi connectivity index (χ3v) is 3.72. The molecule has 0 aromatic heterocycles. The van der Waals surface area contributed by atoms with Gasteiger partial charge in [-0.25, -0.2) is 4.39 Å². The summed E-state index contributed by atoms with van der Waals surface area (Å²) in [4.78, 5) is 11.2. The molecule has 14 heavy (non-hydrogen) atoms. The van der Waals surface area contributed by atoms with Gasteiger partial charge >= 0.3 is 5.97 Å². The van der Waals surface area contributed by atoms with Crippen molar-refractivity contribution in [2.45, 2.75) is 19.3 Å². The Labute approximate surface area is 87.9 Å². The lowest BCUT2D eigenvalue weighted by Gasteiger charge is -2.34. The van der Waals surface area contributed by atoms with Gasteiger partial charge in [0.2, 0.25) is 0 Å². The number of rotatable bonds is 3. The van der Waals surface area contributed by atoms with Crippen molar-refractivity contribution in [3.8, 4) is 0 Å². The first-order valence-electron chi connectivity index (χ1n) is 4.60. The van der Waals surface area contributed by atoms with Gasteiger partial charge in [-0.2, -0.15) is 11.8 Å². The third kappa shape index (κ3) is 2.50. The lowest BCUT2D eigenvalue weighted by atomic mass is 9.78. The molecule has 0 amide bonds. The predicted molar refractivity (Wildman–Crippen MR) is 55.9 cm³/mol. The topological polar surface area (TPSA) is 26.3 Å². The SMILES string of the molecule is C=C(F)C1(CC(=O)OC)CCSCC1. The predicted octanol–water partition coefficient (Wildman–Crippen LogP) is 2.55. The van der Waals surface area contributed by atoms with E-state index in [9.17, 15) is 9.18 Å². The number of ether oxygens (including phenoxy) is 1. The number of hydrogen-bond acceptors (Lipinski definition) is 3. The van der Waals surface area contributed by atoms with Gasteiger partial charge in [0.1, 0.15) is 0 Å². The van der Waals surface area contributed by atoms with Crippen LogP contribution in [0.2, 0.25) is 0 Å². The molecule has 1 saturated heterocycles. The minimum absolute atomic E-state index is 0.124. The molecule has 80 valence electrons. The smallest absolute Gasteiger partial charge is 0.306 e. The summed E-state index contributed by atoms with van der Waals surface area (Å²) in [5.74, 6) is 1.05. The van der Waals surface area contributed by atoms with Crippen LogP contribution < -0.4 is 0 Å². The Hall–Kier alpha value is -0.510. The van der Waals surface area contributed by atoms with E-state index in [4.69, 9.17) is 0 Å². The molecule has 0 aliphatic carbocycles. The molecule has 4 heteroatoms. The Bertz CT molecular complexity index is 234. The Morgan fingerprint density at radius 3 is 2.57 bits per heavy atom. The lowest BCUT2D eigenvalue weighted by Crippen LogP contribution is -2.30. The van der Waals surface area contributed by atoms with E-state index in [0.29, 0.717) is 12.8 Å². The fourth-order valence-corrected chi connectivity index (χ4v) is 2.93. The minimum atomic E-state index is -0.654. The molecule has 0 aromatic rings. The number of methoxy groups -OCH3 is 1. The van der Waals surface area contributed by atoms with E-state index in [0.717, 1.165) is 11.5 Å². The monoisotopic (exact) mass is 218 g/mol. The van der Waals surface area contributed by atoms with Gasteiger partial charge in [-0.05, 0) is 24.3 Å². The second-order valence-electron chi connectivity index (χ2n) is 3.55. The van der Waals surface area contributed by atoms with E-state index in [-0.39, 0.29) is 18.2 Å². The number of carbonyl (C=O) groups excluding carboxylic acids is 1. The molecule has 0 atom stereocenters. The molecule has 2 nitrogen and oxygen atoms in total. The highest BCUT2D eigenvalue weighted by Gasteiger charge is 2.38. The van der Waals surface area contributed by atoms with Gasteiger partial charge in [0.05, 0.1) is 19.4 Å². The molecule has 1 heterocycles. The summed E-state index contributed by atoms with van der Waals surface area (Å²) < 4.78 is 17.9. The van der Waals surface area contributed by atoms with Gasteiger partial charge in [-0.1, -0.05) is 6.58 Å². The highest BCUT2D eigenvalue weighted by atomic mass is 32.2. The Balaban J connectivity index is 2.70. The number of esters is 1. The summed E-state index contributed by atoms with van der Waals surface area (Å²) in [5.41, 5.74) is -0.654. The Morgan fingerprint density at radius 1 is 1.57 bits per heavy atom. The zero-order chi connectivity index (χ0) is 10.6. The maximum Gasteiger partial charge on any atom is 0.306 e. The van der Waals surface area contributed by atoms with Crippen molar-refractivity contribution in [3.63, 3.8) is 0 Å². The van der Waals surface area contributed by atoms with Gasteiger partial charge in [0, 0.05) is 5.41 Å². The van der Waals surface area contributed by atoms with Crippen LogP contribution in [0.25, 0.3) is 0 Å².